The van der Waals surface area contributed by atoms with Crippen LogP contribution in [0.1, 0.15) is 59.3 Å². The molecule has 29 heavy (non-hydrogen) atoms. The Balaban J connectivity index is 1.60. The van der Waals surface area contributed by atoms with E-state index in [0.717, 1.165) is 37.7 Å². The summed E-state index contributed by atoms with van der Waals surface area (Å²) in [5, 5.41) is 9.31. The lowest BCUT2D eigenvalue weighted by Gasteiger charge is -2.57. The quantitative estimate of drug-likeness (QED) is 0.504. The molecule has 6 atom stereocenters. The van der Waals surface area contributed by atoms with Crippen LogP contribution in [0.4, 0.5) is 0 Å². The normalized spacial score (nSPS) is 41.0. The standard InChI is InChI=1S/C25H31NO3/c1-16(27)29-15-17(10-13-26)21-6-7-22-20-5-4-18-14-19(28)8-11-24(18,2)23(20)9-12-25(21,22)3/h8,10-11,14,20-23H,4-7,9,12,15H2,1-3H3/b17-10-/t20-,21+,22-,23-,24-,25+/m0/s1. The molecule has 4 aliphatic carbocycles. The highest BCUT2D eigenvalue weighted by atomic mass is 16.5. The number of hydrogen-bond acceptors (Lipinski definition) is 4. The van der Waals surface area contributed by atoms with Gasteiger partial charge in [-0.05, 0) is 85.3 Å². The number of fused-ring (bicyclic) bond motifs is 5. The van der Waals surface area contributed by atoms with Crippen LogP contribution < -0.4 is 0 Å². The van der Waals surface area contributed by atoms with Gasteiger partial charge in [0, 0.05) is 18.4 Å². The van der Waals surface area contributed by atoms with Crippen molar-refractivity contribution in [1.29, 1.82) is 5.26 Å². The summed E-state index contributed by atoms with van der Waals surface area (Å²) >= 11 is 0. The van der Waals surface area contributed by atoms with Crippen molar-refractivity contribution in [3.05, 3.63) is 35.5 Å². The second-order valence-corrected chi connectivity index (χ2v) is 9.91. The Labute approximate surface area is 173 Å². The molecule has 0 aromatic heterocycles. The van der Waals surface area contributed by atoms with Crippen LogP contribution in [0.3, 0.4) is 0 Å². The van der Waals surface area contributed by atoms with Gasteiger partial charge in [0.05, 0.1) is 6.07 Å². The summed E-state index contributed by atoms with van der Waals surface area (Å²) in [6, 6.07) is 2.18. The Morgan fingerprint density at radius 3 is 2.79 bits per heavy atom. The summed E-state index contributed by atoms with van der Waals surface area (Å²) in [5.41, 5.74) is 2.47. The third kappa shape index (κ3) is 3.19. The summed E-state index contributed by atoms with van der Waals surface area (Å²) in [6.45, 7) is 6.39. The molecule has 0 bridgehead atoms. The van der Waals surface area contributed by atoms with Crippen molar-refractivity contribution in [2.45, 2.75) is 59.3 Å². The van der Waals surface area contributed by atoms with E-state index < -0.39 is 0 Å². The minimum atomic E-state index is -0.296. The minimum Gasteiger partial charge on any atom is -0.461 e. The molecule has 4 heteroatoms. The maximum absolute atomic E-state index is 11.9. The molecule has 0 saturated heterocycles. The van der Waals surface area contributed by atoms with Gasteiger partial charge < -0.3 is 4.74 Å². The number of hydrogen-bond donors (Lipinski definition) is 0. The number of esters is 1. The van der Waals surface area contributed by atoms with Gasteiger partial charge in [0.25, 0.3) is 0 Å². The van der Waals surface area contributed by atoms with E-state index in [1.165, 1.54) is 18.9 Å². The fourth-order valence-electron chi connectivity index (χ4n) is 7.32. The van der Waals surface area contributed by atoms with Crippen LogP contribution in [-0.2, 0) is 14.3 Å². The fourth-order valence-corrected chi connectivity index (χ4v) is 7.32. The number of carbonyl (C=O) groups is 2. The van der Waals surface area contributed by atoms with E-state index >= 15 is 0 Å². The molecule has 3 fully saturated rings. The van der Waals surface area contributed by atoms with Crippen LogP contribution in [0.25, 0.3) is 0 Å². The fraction of sp³-hybridized carbons (Fsp3) is 0.640. The molecule has 4 nitrogen and oxygen atoms in total. The van der Waals surface area contributed by atoms with Crippen molar-refractivity contribution >= 4 is 11.8 Å². The lowest BCUT2D eigenvalue weighted by molar-refractivity contribution is -0.140. The van der Waals surface area contributed by atoms with Crippen LogP contribution >= 0.6 is 0 Å². The predicted octanol–water partition coefficient (Wildman–Crippen LogP) is 4.92. The summed E-state index contributed by atoms with van der Waals surface area (Å²) < 4.78 is 5.29. The first-order valence-corrected chi connectivity index (χ1v) is 11.0. The van der Waals surface area contributed by atoms with E-state index in [1.807, 2.05) is 6.08 Å². The molecule has 0 heterocycles. The number of nitriles is 1. The molecule has 0 N–H and O–H groups in total. The first-order chi connectivity index (χ1) is 13.8. The maximum atomic E-state index is 11.9. The largest absolute Gasteiger partial charge is 0.461 e. The lowest BCUT2D eigenvalue weighted by atomic mass is 9.47. The molecule has 0 radical (unpaired) electrons. The van der Waals surface area contributed by atoms with E-state index in [-0.39, 0.29) is 29.2 Å². The van der Waals surface area contributed by atoms with E-state index in [0.29, 0.717) is 23.7 Å². The van der Waals surface area contributed by atoms with Gasteiger partial charge in [0.1, 0.15) is 6.61 Å². The minimum absolute atomic E-state index is 0.0132. The SMILES string of the molecule is CC(=O)OC/C(=C/C#N)[C@H]1CC[C@H]2[C@@H]3CCC4=CC(=O)C=C[C@]4(C)[C@H]3CC[C@]12C. The van der Waals surface area contributed by atoms with Crippen molar-refractivity contribution in [2.24, 2.45) is 34.5 Å². The number of nitrogens with zero attached hydrogens (tertiary/aromatic N) is 1. The predicted molar refractivity (Wildman–Crippen MR) is 110 cm³/mol. The van der Waals surface area contributed by atoms with Gasteiger partial charge in [0.2, 0.25) is 0 Å². The topological polar surface area (TPSA) is 67.2 Å². The van der Waals surface area contributed by atoms with Gasteiger partial charge in [-0.1, -0.05) is 25.5 Å². The molecular weight excluding hydrogens is 362 g/mol. The number of allylic oxidation sites excluding steroid dienone is 5. The third-order valence-corrected chi connectivity index (χ3v) is 8.70. The van der Waals surface area contributed by atoms with Gasteiger partial charge in [-0.15, -0.1) is 0 Å². The van der Waals surface area contributed by atoms with Crippen molar-refractivity contribution in [1.82, 2.24) is 0 Å². The van der Waals surface area contributed by atoms with Crippen molar-refractivity contribution < 1.29 is 14.3 Å². The van der Waals surface area contributed by atoms with Crippen molar-refractivity contribution in [3.8, 4) is 6.07 Å². The molecular formula is C25H31NO3. The van der Waals surface area contributed by atoms with Gasteiger partial charge in [-0.3, -0.25) is 9.59 Å². The Morgan fingerprint density at radius 2 is 2.07 bits per heavy atom. The van der Waals surface area contributed by atoms with E-state index in [9.17, 15) is 14.9 Å². The zero-order valence-corrected chi connectivity index (χ0v) is 17.7. The van der Waals surface area contributed by atoms with E-state index in [4.69, 9.17) is 4.74 Å². The van der Waals surface area contributed by atoms with Crippen LogP contribution in [0.15, 0.2) is 35.5 Å². The first-order valence-electron chi connectivity index (χ1n) is 11.0. The Hall–Kier alpha value is -2.15. The second-order valence-electron chi connectivity index (χ2n) is 9.91. The third-order valence-electron chi connectivity index (χ3n) is 8.70. The average molecular weight is 394 g/mol. The van der Waals surface area contributed by atoms with Crippen LogP contribution in [-0.4, -0.2) is 18.4 Å². The molecule has 4 rings (SSSR count). The van der Waals surface area contributed by atoms with Crippen LogP contribution in [0.5, 0.6) is 0 Å². The number of ketones is 1. The van der Waals surface area contributed by atoms with Gasteiger partial charge in [-0.25, -0.2) is 0 Å². The Kier molecular flexibility index (Phi) is 5.05. The molecule has 4 aliphatic rings. The maximum Gasteiger partial charge on any atom is 0.302 e. The molecule has 0 aromatic rings. The van der Waals surface area contributed by atoms with Gasteiger partial charge in [-0.2, -0.15) is 5.26 Å². The monoisotopic (exact) mass is 393 g/mol. The number of rotatable bonds is 3. The first kappa shape index (κ1) is 20.1. The van der Waals surface area contributed by atoms with E-state index in [1.54, 1.807) is 12.2 Å². The lowest BCUT2D eigenvalue weighted by Crippen LogP contribution is -2.49. The summed E-state index contributed by atoms with van der Waals surface area (Å²) in [5.74, 6) is 2.00. The summed E-state index contributed by atoms with van der Waals surface area (Å²) in [7, 11) is 0. The molecule has 0 unspecified atom stereocenters. The number of ether oxygens (including phenoxy) is 1. The van der Waals surface area contributed by atoms with Crippen molar-refractivity contribution in [2.75, 3.05) is 6.61 Å². The van der Waals surface area contributed by atoms with Crippen LogP contribution in [0, 0.1) is 45.8 Å². The summed E-state index contributed by atoms with van der Waals surface area (Å²) in [6.07, 6.45) is 14.1. The molecule has 0 aromatic carbocycles. The van der Waals surface area contributed by atoms with Crippen LogP contribution in [0.2, 0.25) is 0 Å². The second kappa shape index (κ2) is 7.27. The highest BCUT2D eigenvalue weighted by Gasteiger charge is 2.58. The highest BCUT2D eigenvalue weighted by molar-refractivity contribution is 6.01. The number of carbonyl (C=O) groups excluding carboxylic acids is 2. The van der Waals surface area contributed by atoms with Crippen molar-refractivity contribution in [3.63, 3.8) is 0 Å². The van der Waals surface area contributed by atoms with Gasteiger partial charge >= 0.3 is 5.97 Å². The molecule has 0 amide bonds. The molecule has 0 spiro atoms. The summed E-state index contributed by atoms with van der Waals surface area (Å²) in [4.78, 5) is 23.3. The van der Waals surface area contributed by atoms with E-state index in [2.05, 4.69) is 26.0 Å². The zero-order chi connectivity index (χ0) is 20.8. The molecule has 154 valence electrons. The Bertz CT molecular complexity index is 860. The van der Waals surface area contributed by atoms with Gasteiger partial charge in [0.15, 0.2) is 5.78 Å². The average Bonchev–Trinajstić information content (AvgIpc) is 3.03. The molecule has 0 aliphatic heterocycles. The smallest absolute Gasteiger partial charge is 0.302 e. The zero-order valence-electron chi connectivity index (χ0n) is 17.7. The highest BCUT2D eigenvalue weighted by Crippen LogP contribution is 2.66. The molecule has 3 saturated carbocycles. The Morgan fingerprint density at radius 1 is 1.28 bits per heavy atom.